The second-order valence-corrected chi connectivity index (χ2v) is 1.54. The Hall–Kier alpha value is -0.0800. The van der Waals surface area contributed by atoms with Crippen LogP contribution in [0.3, 0.4) is 0 Å². The highest BCUT2D eigenvalue weighted by molar-refractivity contribution is 4.30. The van der Waals surface area contributed by atoms with Crippen LogP contribution < -0.4 is 0 Å². The third-order valence-corrected chi connectivity index (χ3v) is 0.841. The molecule has 0 N–H and O–H groups in total. The lowest BCUT2D eigenvalue weighted by Gasteiger charge is -1.97. The SMILES string of the molecule is CCOCCCOC. The Bertz CT molecular complexity index is 31.5. The van der Waals surface area contributed by atoms with Crippen molar-refractivity contribution in [1.82, 2.24) is 0 Å². The summed E-state index contributed by atoms with van der Waals surface area (Å²) < 4.78 is 9.86. The summed E-state index contributed by atoms with van der Waals surface area (Å²) in [5, 5.41) is 0. The minimum absolute atomic E-state index is 0.806. The smallest absolute Gasteiger partial charge is 0.0487 e. The van der Waals surface area contributed by atoms with E-state index in [0.717, 1.165) is 26.2 Å². The van der Waals surface area contributed by atoms with Crippen LogP contribution in [0.1, 0.15) is 13.3 Å². The summed E-state index contributed by atoms with van der Waals surface area (Å²) in [4.78, 5) is 0. The van der Waals surface area contributed by atoms with Gasteiger partial charge in [0.15, 0.2) is 0 Å². The predicted octanol–water partition coefficient (Wildman–Crippen LogP) is 1.06. The highest BCUT2D eigenvalue weighted by atomic mass is 16.5. The van der Waals surface area contributed by atoms with E-state index in [4.69, 9.17) is 9.47 Å². The molecule has 2 heteroatoms. The molecule has 0 bridgehead atoms. The van der Waals surface area contributed by atoms with E-state index in [1.165, 1.54) is 0 Å². The first-order valence-corrected chi connectivity index (χ1v) is 2.98. The molecule has 0 fully saturated rings. The third kappa shape index (κ3) is 5.92. The van der Waals surface area contributed by atoms with Gasteiger partial charge in [-0.05, 0) is 13.3 Å². The number of methoxy groups -OCH3 is 1. The Morgan fingerprint density at radius 3 is 2.50 bits per heavy atom. The van der Waals surface area contributed by atoms with Gasteiger partial charge in [0.1, 0.15) is 0 Å². The summed E-state index contributed by atoms with van der Waals surface area (Å²) in [5.41, 5.74) is 0. The highest BCUT2D eigenvalue weighted by Gasteiger charge is 1.82. The van der Waals surface area contributed by atoms with Gasteiger partial charge < -0.3 is 9.47 Å². The van der Waals surface area contributed by atoms with Gasteiger partial charge >= 0.3 is 0 Å². The van der Waals surface area contributed by atoms with Crippen molar-refractivity contribution in [2.24, 2.45) is 0 Å². The molecule has 0 unspecified atom stereocenters. The molecule has 0 aliphatic heterocycles. The van der Waals surface area contributed by atoms with Crippen LogP contribution >= 0.6 is 0 Å². The number of hydrogen-bond donors (Lipinski definition) is 0. The zero-order valence-corrected chi connectivity index (χ0v) is 5.64. The van der Waals surface area contributed by atoms with E-state index in [-0.39, 0.29) is 0 Å². The maximum absolute atomic E-state index is 5.06. The molecule has 0 radical (unpaired) electrons. The molecule has 0 saturated heterocycles. The molecular formula is C6H14O2. The Labute approximate surface area is 50.8 Å². The zero-order chi connectivity index (χ0) is 6.24. The van der Waals surface area contributed by atoms with E-state index in [9.17, 15) is 0 Å². The summed E-state index contributed by atoms with van der Waals surface area (Å²) in [6, 6.07) is 0. The van der Waals surface area contributed by atoms with Gasteiger partial charge in [0, 0.05) is 26.9 Å². The Balaban J connectivity index is 2.53. The standard InChI is InChI=1S/C6H14O2/c1-3-8-6-4-5-7-2/h3-6H2,1-2H3. The van der Waals surface area contributed by atoms with Crippen LogP contribution in [0.4, 0.5) is 0 Å². The van der Waals surface area contributed by atoms with Gasteiger partial charge in [-0.1, -0.05) is 0 Å². The van der Waals surface area contributed by atoms with Crippen molar-refractivity contribution in [2.75, 3.05) is 26.9 Å². The van der Waals surface area contributed by atoms with Crippen molar-refractivity contribution >= 4 is 0 Å². The van der Waals surface area contributed by atoms with Crippen LogP contribution in [0, 0.1) is 0 Å². The number of hydrogen-bond acceptors (Lipinski definition) is 2. The summed E-state index contributed by atoms with van der Waals surface area (Å²) in [6.45, 7) is 4.43. The van der Waals surface area contributed by atoms with Gasteiger partial charge in [0.05, 0.1) is 0 Å². The molecule has 2 nitrogen and oxygen atoms in total. The van der Waals surface area contributed by atoms with E-state index in [1.54, 1.807) is 7.11 Å². The number of ether oxygens (including phenoxy) is 2. The number of rotatable bonds is 5. The second kappa shape index (κ2) is 6.92. The molecular weight excluding hydrogens is 104 g/mol. The molecule has 0 aromatic carbocycles. The maximum atomic E-state index is 5.06. The van der Waals surface area contributed by atoms with Gasteiger partial charge in [-0.15, -0.1) is 0 Å². The fourth-order valence-corrected chi connectivity index (χ4v) is 0.450. The van der Waals surface area contributed by atoms with Crippen LogP contribution in [0.25, 0.3) is 0 Å². The summed E-state index contributed by atoms with van der Waals surface area (Å²) in [7, 11) is 1.70. The lowest BCUT2D eigenvalue weighted by Crippen LogP contribution is -1.97. The van der Waals surface area contributed by atoms with E-state index >= 15 is 0 Å². The van der Waals surface area contributed by atoms with Crippen LogP contribution in [0.2, 0.25) is 0 Å². The largest absolute Gasteiger partial charge is 0.385 e. The fourth-order valence-electron chi connectivity index (χ4n) is 0.450. The normalized spacial score (nSPS) is 9.75. The molecule has 0 saturated carbocycles. The average Bonchev–Trinajstić information content (AvgIpc) is 1.81. The maximum Gasteiger partial charge on any atom is 0.0487 e. The molecule has 50 valence electrons. The molecule has 0 amide bonds. The van der Waals surface area contributed by atoms with Crippen LogP contribution in [0.15, 0.2) is 0 Å². The van der Waals surface area contributed by atoms with Gasteiger partial charge in [-0.3, -0.25) is 0 Å². The zero-order valence-electron chi connectivity index (χ0n) is 5.64. The van der Waals surface area contributed by atoms with Crippen molar-refractivity contribution in [3.63, 3.8) is 0 Å². The summed E-state index contributed by atoms with van der Waals surface area (Å²) in [6.07, 6.45) is 1.00. The Morgan fingerprint density at radius 2 is 2.00 bits per heavy atom. The molecule has 0 aromatic rings. The van der Waals surface area contributed by atoms with E-state index < -0.39 is 0 Å². The van der Waals surface area contributed by atoms with Crippen LogP contribution in [-0.4, -0.2) is 26.9 Å². The molecule has 0 heterocycles. The summed E-state index contributed by atoms with van der Waals surface area (Å²) >= 11 is 0. The van der Waals surface area contributed by atoms with Crippen LogP contribution in [0.5, 0.6) is 0 Å². The topological polar surface area (TPSA) is 18.5 Å². The van der Waals surface area contributed by atoms with Gasteiger partial charge in [0.25, 0.3) is 0 Å². The monoisotopic (exact) mass is 118 g/mol. The molecule has 8 heavy (non-hydrogen) atoms. The first-order valence-electron chi connectivity index (χ1n) is 2.98. The highest BCUT2D eigenvalue weighted by Crippen LogP contribution is 1.81. The second-order valence-electron chi connectivity index (χ2n) is 1.54. The molecule has 0 aromatic heterocycles. The quantitative estimate of drug-likeness (QED) is 0.502. The van der Waals surface area contributed by atoms with Crippen LogP contribution in [-0.2, 0) is 9.47 Å². The van der Waals surface area contributed by atoms with Crippen molar-refractivity contribution in [2.45, 2.75) is 13.3 Å². The average molecular weight is 118 g/mol. The molecule has 0 aliphatic carbocycles. The predicted molar refractivity (Wildman–Crippen MR) is 33.0 cm³/mol. The van der Waals surface area contributed by atoms with E-state index in [1.807, 2.05) is 6.92 Å². The first-order chi connectivity index (χ1) is 3.91. The van der Waals surface area contributed by atoms with Crippen molar-refractivity contribution < 1.29 is 9.47 Å². The van der Waals surface area contributed by atoms with E-state index in [0.29, 0.717) is 0 Å². The molecule has 0 aliphatic rings. The molecule has 0 atom stereocenters. The van der Waals surface area contributed by atoms with Gasteiger partial charge in [-0.25, -0.2) is 0 Å². The van der Waals surface area contributed by atoms with E-state index in [2.05, 4.69) is 0 Å². The minimum Gasteiger partial charge on any atom is -0.385 e. The molecule has 0 rings (SSSR count). The first kappa shape index (κ1) is 7.92. The Kier molecular flexibility index (Phi) is 6.85. The third-order valence-electron chi connectivity index (χ3n) is 0.841. The minimum atomic E-state index is 0.806. The Morgan fingerprint density at radius 1 is 1.25 bits per heavy atom. The molecule has 0 spiro atoms. The summed E-state index contributed by atoms with van der Waals surface area (Å²) in [5.74, 6) is 0. The van der Waals surface area contributed by atoms with Gasteiger partial charge in [0.2, 0.25) is 0 Å². The van der Waals surface area contributed by atoms with Crippen molar-refractivity contribution in [3.05, 3.63) is 0 Å². The van der Waals surface area contributed by atoms with Crippen molar-refractivity contribution in [1.29, 1.82) is 0 Å². The van der Waals surface area contributed by atoms with Crippen molar-refractivity contribution in [3.8, 4) is 0 Å². The fraction of sp³-hybridized carbons (Fsp3) is 1.00. The lowest BCUT2D eigenvalue weighted by molar-refractivity contribution is 0.111. The lowest BCUT2D eigenvalue weighted by atomic mass is 10.5. The van der Waals surface area contributed by atoms with Gasteiger partial charge in [-0.2, -0.15) is 0 Å².